The summed E-state index contributed by atoms with van der Waals surface area (Å²) in [7, 11) is -6.09. The van der Waals surface area contributed by atoms with Crippen LogP contribution in [0.15, 0.2) is 188 Å². The van der Waals surface area contributed by atoms with Gasteiger partial charge < -0.3 is 20.3 Å². The molecule has 76 heavy (non-hydrogen) atoms. The highest BCUT2D eigenvalue weighted by molar-refractivity contribution is 8.14. The summed E-state index contributed by atoms with van der Waals surface area (Å²) in [5.74, 6) is 0. The summed E-state index contributed by atoms with van der Waals surface area (Å²) in [6, 6.07) is 36.4. The predicted octanol–water partition coefficient (Wildman–Crippen LogP) is 9.52. The molecule has 15 nitrogen and oxygen atoms in total. The van der Waals surface area contributed by atoms with E-state index in [1.807, 2.05) is 42.5 Å². The van der Waals surface area contributed by atoms with Crippen molar-refractivity contribution in [2.24, 2.45) is 0 Å². The maximum Gasteiger partial charge on any atom is 0.264 e. The lowest BCUT2D eigenvalue weighted by atomic mass is 10.0. The van der Waals surface area contributed by atoms with Crippen LogP contribution in [0.3, 0.4) is 0 Å². The highest BCUT2D eigenvalue weighted by atomic mass is 35.7. The number of nitrogens with zero attached hydrogens (tertiary/aromatic N) is 2. The maximum absolute atomic E-state index is 13.3. The van der Waals surface area contributed by atoms with E-state index in [9.17, 15) is 39.6 Å². The zero-order valence-corrected chi connectivity index (χ0v) is 44.3. The minimum absolute atomic E-state index is 0.0484. The number of benzene rings is 6. The molecule has 3 aromatic heterocycles. The van der Waals surface area contributed by atoms with Gasteiger partial charge >= 0.3 is 0 Å². The molecule has 0 aliphatic carbocycles. The smallest absolute Gasteiger partial charge is 0.264 e. The van der Waals surface area contributed by atoms with Crippen LogP contribution in [0, 0.1) is 0 Å². The number of hydrogen-bond acceptors (Lipinski definition) is 10. The minimum atomic E-state index is -3.83. The molecular formula is C57H51ClN6O9S3. The first-order chi connectivity index (χ1) is 36.5. The zero-order chi connectivity index (χ0) is 53.9. The molecule has 12 rings (SSSR count). The van der Waals surface area contributed by atoms with Gasteiger partial charge in [0, 0.05) is 86.9 Å². The van der Waals surface area contributed by atoms with Gasteiger partial charge in [0.15, 0.2) is 0 Å². The van der Waals surface area contributed by atoms with Crippen molar-refractivity contribution in [3.05, 3.63) is 224 Å². The van der Waals surface area contributed by atoms with Gasteiger partial charge in [-0.2, -0.15) is 0 Å². The first kappa shape index (κ1) is 52.8. The molecule has 3 aliphatic heterocycles. The fraction of sp³-hybridized carbons (Fsp3) is 0.140. The number of fused-ring (bicyclic) bond motifs is 6. The number of H-pyrrole nitrogens is 3. The Labute approximate surface area is 443 Å². The Kier molecular flexibility index (Phi) is 15.1. The van der Waals surface area contributed by atoms with Crippen molar-refractivity contribution in [2.75, 3.05) is 33.6 Å². The quantitative estimate of drug-likeness (QED) is 0.106. The minimum Gasteiger partial charge on any atom is -0.384 e. The molecule has 6 heterocycles. The zero-order valence-electron chi connectivity index (χ0n) is 41.0. The van der Waals surface area contributed by atoms with E-state index in [0.29, 0.717) is 63.9 Å². The Hall–Kier alpha value is -8.03. The molecule has 0 atom stereocenters. The van der Waals surface area contributed by atoms with Crippen LogP contribution in [0.5, 0.6) is 0 Å². The Morgan fingerprint density at radius 2 is 0.921 bits per heavy atom. The maximum atomic E-state index is 13.3. The molecule has 6 aromatic carbocycles. The number of aromatic amines is 3. The standard InChI is InChI=1S/C19H18N2O3S.C19H16N2O3S.C10H11N.C9H6ClNO3S/c2*1-2-13-5-3-7-17-14(13)10-12-21(17)25(23,24)18-8-4-6-16-15(18)9-11-20-19(16)22;1-2-8-4-3-5-10-9(8)6-7-11-10;10-15(13,14)8-3-1-2-7-6(8)4-5-11-9(7)12/h3-9,11H,2,10,12H2,1H3,(H,20,22);2-9,11H,1,10,12H2,(H,20,22);2-5,11H,1,6-7H2;1-5H,(H,11,12). The van der Waals surface area contributed by atoms with Crippen LogP contribution in [0.4, 0.5) is 17.1 Å². The van der Waals surface area contributed by atoms with Gasteiger partial charge in [-0.25, -0.2) is 25.3 Å². The molecule has 0 unspecified atom stereocenters. The highest BCUT2D eigenvalue weighted by Crippen LogP contribution is 2.38. The van der Waals surface area contributed by atoms with Gasteiger partial charge in [-0.15, -0.1) is 0 Å². The second-order valence-electron chi connectivity index (χ2n) is 17.7. The number of hydrogen-bond donors (Lipinski definition) is 4. The molecule has 0 saturated carbocycles. The molecule has 0 saturated heterocycles. The van der Waals surface area contributed by atoms with E-state index in [0.717, 1.165) is 41.8 Å². The molecule has 0 radical (unpaired) electrons. The molecular weight excluding hydrogens is 1040 g/mol. The Bertz CT molecular complexity index is 4310. The van der Waals surface area contributed by atoms with Crippen molar-refractivity contribution in [2.45, 2.75) is 47.3 Å². The van der Waals surface area contributed by atoms with Crippen LogP contribution in [0.25, 0.3) is 44.5 Å². The molecule has 0 fully saturated rings. The molecule has 19 heteroatoms. The van der Waals surface area contributed by atoms with Gasteiger partial charge in [0.05, 0.1) is 26.1 Å². The van der Waals surface area contributed by atoms with Crippen molar-refractivity contribution in [3.8, 4) is 0 Å². The lowest BCUT2D eigenvalue weighted by molar-refractivity contribution is 0.591. The third-order valence-electron chi connectivity index (χ3n) is 13.6. The summed E-state index contributed by atoms with van der Waals surface area (Å²) in [4.78, 5) is 43.2. The van der Waals surface area contributed by atoms with Crippen molar-refractivity contribution in [1.82, 2.24) is 15.0 Å². The van der Waals surface area contributed by atoms with Gasteiger partial charge in [-0.05, 0) is 132 Å². The summed E-state index contributed by atoms with van der Waals surface area (Å²) in [5, 5.41) is 5.59. The summed E-state index contributed by atoms with van der Waals surface area (Å²) >= 11 is 0. The number of pyridine rings is 3. The second kappa shape index (κ2) is 21.7. The molecule has 388 valence electrons. The molecule has 0 bridgehead atoms. The van der Waals surface area contributed by atoms with Gasteiger partial charge in [0.1, 0.15) is 0 Å². The summed E-state index contributed by atoms with van der Waals surface area (Å²) < 4.78 is 78.6. The number of sulfonamides is 2. The monoisotopic (exact) mass is 1090 g/mol. The first-order valence-corrected chi connectivity index (χ1v) is 29.3. The van der Waals surface area contributed by atoms with E-state index < -0.39 is 29.1 Å². The van der Waals surface area contributed by atoms with Crippen molar-refractivity contribution in [1.29, 1.82) is 0 Å². The van der Waals surface area contributed by atoms with Crippen LogP contribution >= 0.6 is 10.7 Å². The van der Waals surface area contributed by atoms with E-state index in [-0.39, 0.29) is 31.4 Å². The SMILES string of the molecule is C=Cc1cccc2c1CCN2.C=Cc1cccc2c1CCN2S(=O)(=O)c1cccc2c(=O)[nH]ccc12.CCc1cccc2c1CCN2S(=O)(=O)c1cccc2c(=O)[nH]ccc12.O=c1[nH]ccc2c(S(=O)(=O)Cl)cccc12. The Balaban J connectivity index is 0.000000130. The third-order valence-corrected chi connectivity index (χ3v) is 18.7. The molecule has 9 aromatic rings. The molecule has 4 N–H and O–H groups in total. The Morgan fingerprint density at radius 1 is 0.500 bits per heavy atom. The van der Waals surface area contributed by atoms with Crippen LogP contribution in [0.1, 0.15) is 40.3 Å². The van der Waals surface area contributed by atoms with Crippen LogP contribution in [0.2, 0.25) is 0 Å². The number of aromatic nitrogens is 3. The van der Waals surface area contributed by atoms with Gasteiger partial charge in [-0.3, -0.25) is 23.0 Å². The van der Waals surface area contributed by atoms with Gasteiger partial charge in [0.2, 0.25) is 0 Å². The largest absolute Gasteiger partial charge is 0.384 e. The number of anilines is 3. The number of rotatable bonds is 8. The normalized spacial score (nSPS) is 13.5. The van der Waals surface area contributed by atoms with Crippen molar-refractivity contribution in [3.63, 3.8) is 0 Å². The van der Waals surface area contributed by atoms with E-state index >= 15 is 0 Å². The van der Waals surface area contributed by atoms with Crippen molar-refractivity contribution < 1.29 is 25.3 Å². The third kappa shape index (κ3) is 10.1. The molecule has 0 spiro atoms. The topological polar surface area (TPSA) is 220 Å². The average Bonchev–Trinajstić information content (AvgIpc) is 4.23. The van der Waals surface area contributed by atoms with Crippen molar-refractivity contribution >= 4 is 101 Å². The lowest BCUT2D eigenvalue weighted by Crippen LogP contribution is -2.29. The van der Waals surface area contributed by atoms with Crippen LogP contribution < -0.4 is 30.6 Å². The summed E-state index contributed by atoms with van der Waals surface area (Å²) in [6.07, 6.45) is 11.4. The second-order valence-corrected chi connectivity index (χ2v) is 23.9. The van der Waals surface area contributed by atoms with Gasteiger partial charge in [-0.1, -0.05) is 86.8 Å². The fourth-order valence-corrected chi connectivity index (χ4v) is 14.5. The number of nitrogens with one attached hydrogen (secondary N) is 4. The molecule has 0 amide bonds. The summed E-state index contributed by atoms with van der Waals surface area (Å²) in [5.41, 5.74) is 8.70. The molecule has 3 aliphatic rings. The summed E-state index contributed by atoms with van der Waals surface area (Å²) in [6.45, 7) is 11.5. The average molecular weight is 1100 g/mol. The van der Waals surface area contributed by atoms with Gasteiger partial charge in [0.25, 0.3) is 45.8 Å². The van der Waals surface area contributed by atoms with Crippen LogP contribution in [-0.4, -0.2) is 59.8 Å². The first-order valence-electron chi connectivity index (χ1n) is 24.1. The number of aryl methyl sites for hydroxylation is 1. The fourth-order valence-electron chi connectivity index (χ4n) is 9.97. The van der Waals surface area contributed by atoms with E-state index in [1.165, 1.54) is 67.8 Å². The van der Waals surface area contributed by atoms with E-state index in [1.54, 1.807) is 60.7 Å². The number of halogens is 1. The lowest BCUT2D eigenvalue weighted by Gasteiger charge is -2.21. The highest BCUT2D eigenvalue weighted by Gasteiger charge is 2.34. The predicted molar refractivity (Wildman–Crippen MR) is 304 cm³/mol. The van der Waals surface area contributed by atoms with Crippen LogP contribution in [-0.2, 0) is 54.8 Å². The Morgan fingerprint density at radius 3 is 1.41 bits per heavy atom. The van der Waals surface area contributed by atoms with E-state index in [4.69, 9.17) is 10.7 Å². The van der Waals surface area contributed by atoms with E-state index in [2.05, 4.69) is 58.5 Å².